The number of hydrazine groups is 1. The van der Waals surface area contributed by atoms with E-state index < -0.39 is 6.03 Å². The van der Waals surface area contributed by atoms with Crippen LogP contribution in [0.4, 0.5) is 10.5 Å². The maximum atomic E-state index is 10.8. The van der Waals surface area contributed by atoms with Gasteiger partial charge in [-0.2, -0.15) is 4.68 Å². The minimum absolute atomic E-state index is 0.341. The molecular weight excluding hydrogens is 258 g/mol. The third kappa shape index (κ3) is 2.67. The van der Waals surface area contributed by atoms with Crippen molar-refractivity contribution >= 4 is 24.3 Å². The third-order valence-corrected chi connectivity index (χ3v) is 2.24. The fourth-order valence-corrected chi connectivity index (χ4v) is 1.42. The van der Waals surface area contributed by atoms with Crippen molar-refractivity contribution in [3.05, 3.63) is 24.3 Å². The van der Waals surface area contributed by atoms with Crippen LogP contribution in [0.25, 0.3) is 5.69 Å². The van der Waals surface area contributed by atoms with Gasteiger partial charge in [0.05, 0.1) is 11.4 Å². The van der Waals surface area contributed by atoms with E-state index in [9.17, 15) is 4.79 Å². The van der Waals surface area contributed by atoms with Gasteiger partial charge in [-0.3, -0.25) is 10.6 Å². The first-order valence-corrected chi connectivity index (χ1v) is 5.19. The van der Waals surface area contributed by atoms with Gasteiger partial charge in [0.25, 0.3) is 0 Å². The SMILES string of the molecule is O=C(NO)NNc1cccc(-n2nnnc2S)c1. The minimum atomic E-state index is -0.780. The van der Waals surface area contributed by atoms with E-state index >= 15 is 0 Å². The molecule has 0 bridgehead atoms. The van der Waals surface area contributed by atoms with Crippen molar-refractivity contribution in [1.82, 2.24) is 31.1 Å². The van der Waals surface area contributed by atoms with Crippen molar-refractivity contribution in [1.29, 1.82) is 0 Å². The van der Waals surface area contributed by atoms with E-state index in [0.717, 1.165) is 0 Å². The molecule has 0 spiro atoms. The molecule has 1 heterocycles. The molecule has 2 aromatic rings. The predicted octanol–water partition coefficient (Wildman–Crippen LogP) is -0.0337. The van der Waals surface area contributed by atoms with Gasteiger partial charge in [0.15, 0.2) is 0 Å². The van der Waals surface area contributed by atoms with Crippen LogP contribution in [0.2, 0.25) is 0 Å². The summed E-state index contributed by atoms with van der Waals surface area (Å²) < 4.78 is 1.42. The number of nitrogens with one attached hydrogen (secondary N) is 3. The van der Waals surface area contributed by atoms with Gasteiger partial charge in [-0.1, -0.05) is 6.07 Å². The second kappa shape index (κ2) is 5.33. The number of hydroxylamine groups is 1. The van der Waals surface area contributed by atoms with Crippen LogP contribution in [-0.4, -0.2) is 31.4 Å². The third-order valence-electron chi connectivity index (χ3n) is 1.97. The Hall–Kier alpha value is -2.33. The van der Waals surface area contributed by atoms with E-state index in [-0.39, 0.29) is 0 Å². The van der Waals surface area contributed by atoms with E-state index in [1.165, 1.54) is 10.2 Å². The summed E-state index contributed by atoms with van der Waals surface area (Å²) in [5, 5.41) is 19.5. The minimum Gasteiger partial charge on any atom is -0.297 e. The van der Waals surface area contributed by atoms with Crippen LogP contribution in [0.3, 0.4) is 0 Å². The van der Waals surface area contributed by atoms with E-state index in [2.05, 4.69) is 39.0 Å². The molecule has 10 heteroatoms. The van der Waals surface area contributed by atoms with Crippen LogP contribution in [-0.2, 0) is 0 Å². The highest BCUT2D eigenvalue weighted by molar-refractivity contribution is 7.80. The number of aromatic nitrogens is 4. The Balaban J connectivity index is 2.15. The number of nitrogens with zero attached hydrogens (tertiary/aromatic N) is 4. The van der Waals surface area contributed by atoms with Crippen LogP contribution in [0.5, 0.6) is 0 Å². The molecule has 0 saturated carbocycles. The van der Waals surface area contributed by atoms with E-state index in [1.807, 2.05) is 0 Å². The molecule has 94 valence electrons. The summed E-state index contributed by atoms with van der Waals surface area (Å²) in [6.07, 6.45) is 0. The number of urea groups is 1. The average Bonchev–Trinajstić information content (AvgIpc) is 2.82. The first-order valence-electron chi connectivity index (χ1n) is 4.74. The molecule has 0 aliphatic carbocycles. The van der Waals surface area contributed by atoms with E-state index in [4.69, 9.17) is 5.21 Å². The lowest BCUT2D eigenvalue weighted by Crippen LogP contribution is -2.37. The zero-order valence-corrected chi connectivity index (χ0v) is 9.80. The highest BCUT2D eigenvalue weighted by Gasteiger charge is 2.05. The van der Waals surface area contributed by atoms with Gasteiger partial charge >= 0.3 is 6.03 Å². The maximum Gasteiger partial charge on any atom is 0.357 e. The highest BCUT2D eigenvalue weighted by atomic mass is 32.1. The smallest absolute Gasteiger partial charge is 0.297 e. The maximum absolute atomic E-state index is 10.8. The molecule has 0 saturated heterocycles. The van der Waals surface area contributed by atoms with Gasteiger partial charge in [-0.05, 0) is 28.6 Å². The molecule has 1 aromatic heterocycles. The predicted molar refractivity (Wildman–Crippen MR) is 63.5 cm³/mol. The fraction of sp³-hybridized carbons (Fsp3) is 0. The summed E-state index contributed by atoms with van der Waals surface area (Å²) in [4.78, 5) is 10.8. The molecule has 1 aromatic carbocycles. The molecular formula is C8H9N7O2S. The Labute approximate surface area is 107 Å². The highest BCUT2D eigenvalue weighted by Crippen LogP contribution is 2.15. The summed E-state index contributed by atoms with van der Waals surface area (Å²) in [7, 11) is 0. The molecule has 0 radical (unpaired) electrons. The lowest BCUT2D eigenvalue weighted by molar-refractivity contribution is 0.163. The van der Waals surface area contributed by atoms with Crippen LogP contribution in [0.1, 0.15) is 0 Å². The van der Waals surface area contributed by atoms with Crippen LogP contribution in [0.15, 0.2) is 29.4 Å². The van der Waals surface area contributed by atoms with Crippen LogP contribution >= 0.6 is 12.6 Å². The van der Waals surface area contributed by atoms with Crippen molar-refractivity contribution < 1.29 is 10.0 Å². The fourth-order valence-electron chi connectivity index (χ4n) is 1.22. The van der Waals surface area contributed by atoms with Crippen molar-refractivity contribution in [2.75, 3.05) is 5.43 Å². The van der Waals surface area contributed by atoms with E-state index in [1.54, 1.807) is 24.3 Å². The van der Waals surface area contributed by atoms with Gasteiger partial charge in [0, 0.05) is 0 Å². The summed E-state index contributed by atoms with van der Waals surface area (Å²) in [6, 6.07) is 6.13. The standard InChI is InChI=1S/C8H9N7O2S/c16-7(12-17)10-9-5-2-1-3-6(4-5)15-8(18)11-13-14-15/h1-4,9,17H,(H2,10,12,16)(H,11,14,18). The molecule has 0 aliphatic heterocycles. The molecule has 4 N–H and O–H groups in total. The summed E-state index contributed by atoms with van der Waals surface area (Å²) in [6.45, 7) is 0. The molecule has 2 amide bonds. The van der Waals surface area contributed by atoms with E-state index in [0.29, 0.717) is 16.5 Å². The number of anilines is 1. The molecule has 0 fully saturated rings. The van der Waals surface area contributed by atoms with Crippen molar-refractivity contribution in [3.63, 3.8) is 0 Å². The zero-order chi connectivity index (χ0) is 13.0. The largest absolute Gasteiger partial charge is 0.357 e. The molecule has 9 nitrogen and oxygen atoms in total. The zero-order valence-electron chi connectivity index (χ0n) is 8.90. The topological polar surface area (TPSA) is 117 Å². The number of carbonyl (C=O) groups excluding carboxylic acids is 1. The Morgan fingerprint density at radius 2 is 2.28 bits per heavy atom. The number of rotatable bonds is 3. The summed E-state index contributed by atoms with van der Waals surface area (Å²) >= 11 is 4.09. The van der Waals surface area contributed by atoms with Gasteiger partial charge < -0.3 is 0 Å². The Morgan fingerprint density at radius 3 is 2.94 bits per heavy atom. The summed E-state index contributed by atoms with van der Waals surface area (Å²) in [5.74, 6) is 0. The van der Waals surface area contributed by atoms with Crippen LogP contribution in [0, 0.1) is 0 Å². The first kappa shape index (κ1) is 12.1. The first-order chi connectivity index (χ1) is 8.70. The number of thiol groups is 1. The number of hydrogen-bond acceptors (Lipinski definition) is 7. The molecule has 2 rings (SSSR count). The van der Waals surface area contributed by atoms with Gasteiger partial charge in [0.2, 0.25) is 5.16 Å². The van der Waals surface area contributed by atoms with Crippen LogP contribution < -0.4 is 16.3 Å². The lowest BCUT2D eigenvalue weighted by atomic mass is 10.3. The monoisotopic (exact) mass is 267 g/mol. The number of benzene rings is 1. The molecule has 0 unspecified atom stereocenters. The summed E-state index contributed by atoms with van der Waals surface area (Å²) in [5.41, 5.74) is 7.47. The number of carbonyl (C=O) groups is 1. The number of hydrogen-bond donors (Lipinski definition) is 5. The molecule has 18 heavy (non-hydrogen) atoms. The number of amides is 2. The number of tetrazole rings is 1. The Morgan fingerprint density at radius 1 is 1.44 bits per heavy atom. The van der Waals surface area contributed by atoms with Crippen molar-refractivity contribution in [3.8, 4) is 5.69 Å². The normalized spacial score (nSPS) is 9.89. The second-order valence-electron chi connectivity index (χ2n) is 3.13. The molecule has 0 aliphatic rings. The second-order valence-corrected chi connectivity index (χ2v) is 3.53. The Kier molecular flexibility index (Phi) is 3.60. The van der Waals surface area contributed by atoms with Gasteiger partial charge in [0.1, 0.15) is 0 Å². The van der Waals surface area contributed by atoms with Gasteiger partial charge in [-0.15, -0.1) is 17.7 Å². The lowest BCUT2D eigenvalue weighted by Gasteiger charge is -2.08. The van der Waals surface area contributed by atoms with Crippen molar-refractivity contribution in [2.24, 2.45) is 0 Å². The quantitative estimate of drug-likeness (QED) is 0.303. The van der Waals surface area contributed by atoms with Gasteiger partial charge in [-0.25, -0.2) is 15.7 Å². The Bertz CT molecular complexity index is 558. The molecule has 0 atom stereocenters. The van der Waals surface area contributed by atoms with Crippen molar-refractivity contribution in [2.45, 2.75) is 5.16 Å². The average molecular weight is 267 g/mol.